The second-order valence-corrected chi connectivity index (χ2v) is 6.07. The molecule has 4 heteroatoms. The molecule has 0 N–H and O–H groups in total. The number of carbonyl (C=O) groups excluding carboxylic acids is 1. The lowest BCUT2D eigenvalue weighted by atomic mass is 10.1. The van der Waals surface area contributed by atoms with E-state index in [1.165, 1.54) is 11.8 Å². The number of hydrogen-bond acceptors (Lipinski definition) is 4. The van der Waals surface area contributed by atoms with Gasteiger partial charge in [0.25, 0.3) is 0 Å². The van der Waals surface area contributed by atoms with E-state index in [4.69, 9.17) is 0 Å². The van der Waals surface area contributed by atoms with Gasteiger partial charge < -0.3 is 0 Å². The van der Waals surface area contributed by atoms with Crippen molar-refractivity contribution in [1.29, 1.82) is 5.26 Å². The van der Waals surface area contributed by atoms with Crippen molar-refractivity contribution in [2.45, 2.75) is 5.03 Å². The van der Waals surface area contributed by atoms with Gasteiger partial charge in [0.1, 0.15) is 11.1 Å². The van der Waals surface area contributed by atoms with Crippen molar-refractivity contribution in [2.75, 3.05) is 5.75 Å². The van der Waals surface area contributed by atoms with Crippen LogP contribution in [0.4, 0.5) is 0 Å². The number of nitriles is 1. The second-order valence-electron chi connectivity index (χ2n) is 5.10. The Balaban J connectivity index is 1.82. The highest BCUT2D eigenvalue weighted by Crippen LogP contribution is 2.25. The Bertz CT molecular complexity index is 887. The standard InChI is InChI=1S/C20H14N2OS/c21-13-17-11-12-18(15-7-3-1-4-8-15)22-20(17)24-14-19(23)16-9-5-2-6-10-16/h1-12H,14H2. The average molecular weight is 330 g/mol. The molecule has 2 aromatic carbocycles. The van der Waals surface area contributed by atoms with Crippen molar-refractivity contribution in [1.82, 2.24) is 4.98 Å². The van der Waals surface area contributed by atoms with E-state index in [9.17, 15) is 10.1 Å². The Morgan fingerprint density at radius 3 is 2.29 bits per heavy atom. The molecule has 3 rings (SSSR count). The number of pyridine rings is 1. The number of benzene rings is 2. The van der Waals surface area contributed by atoms with E-state index in [0.717, 1.165) is 11.3 Å². The first-order chi connectivity index (χ1) is 11.8. The minimum absolute atomic E-state index is 0.0244. The van der Waals surface area contributed by atoms with Gasteiger partial charge in [0.05, 0.1) is 17.0 Å². The number of hydrogen-bond donors (Lipinski definition) is 0. The molecular weight excluding hydrogens is 316 g/mol. The van der Waals surface area contributed by atoms with E-state index in [1.54, 1.807) is 18.2 Å². The summed E-state index contributed by atoms with van der Waals surface area (Å²) in [5, 5.41) is 9.86. The minimum atomic E-state index is 0.0244. The van der Waals surface area contributed by atoms with Crippen LogP contribution in [0.15, 0.2) is 77.8 Å². The zero-order valence-corrected chi connectivity index (χ0v) is 13.7. The molecule has 1 heterocycles. The number of Topliss-reactive ketones (excluding diaryl/α,β-unsaturated/α-hetero) is 1. The van der Waals surface area contributed by atoms with Crippen molar-refractivity contribution in [3.8, 4) is 17.3 Å². The van der Waals surface area contributed by atoms with Crippen LogP contribution < -0.4 is 0 Å². The van der Waals surface area contributed by atoms with Gasteiger partial charge in [0.15, 0.2) is 5.78 Å². The molecule has 0 aliphatic rings. The molecule has 0 bridgehead atoms. The Morgan fingerprint density at radius 2 is 1.62 bits per heavy atom. The molecule has 3 aromatic rings. The maximum absolute atomic E-state index is 12.2. The van der Waals surface area contributed by atoms with Crippen LogP contribution in [-0.2, 0) is 0 Å². The zero-order valence-electron chi connectivity index (χ0n) is 12.8. The molecule has 0 aliphatic carbocycles. The van der Waals surface area contributed by atoms with Crippen LogP contribution in [0.25, 0.3) is 11.3 Å². The summed E-state index contributed by atoms with van der Waals surface area (Å²) in [6.45, 7) is 0. The Morgan fingerprint density at radius 1 is 0.958 bits per heavy atom. The van der Waals surface area contributed by atoms with Crippen LogP contribution in [-0.4, -0.2) is 16.5 Å². The lowest BCUT2D eigenvalue weighted by Crippen LogP contribution is -2.03. The fraction of sp³-hybridized carbons (Fsp3) is 0.0500. The molecule has 0 unspecified atom stereocenters. The molecule has 24 heavy (non-hydrogen) atoms. The van der Waals surface area contributed by atoms with Crippen LogP contribution in [0.3, 0.4) is 0 Å². The predicted octanol–water partition coefficient (Wildman–Crippen LogP) is 4.60. The highest BCUT2D eigenvalue weighted by atomic mass is 32.2. The summed E-state index contributed by atoms with van der Waals surface area (Å²) in [5.41, 5.74) is 2.94. The van der Waals surface area contributed by atoms with Crippen molar-refractivity contribution in [3.05, 3.63) is 83.9 Å². The van der Waals surface area contributed by atoms with Crippen LogP contribution in [0, 0.1) is 11.3 Å². The summed E-state index contributed by atoms with van der Waals surface area (Å²) in [5.74, 6) is 0.278. The Kier molecular flexibility index (Phi) is 5.05. The van der Waals surface area contributed by atoms with Crippen molar-refractivity contribution < 1.29 is 4.79 Å². The smallest absolute Gasteiger partial charge is 0.173 e. The quantitative estimate of drug-likeness (QED) is 0.507. The normalized spacial score (nSPS) is 10.1. The molecule has 1 aromatic heterocycles. The number of ketones is 1. The Hall–Kier alpha value is -2.90. The summed E-state index contributed by atoms with van der Waals surface area (Å²) >= 11 is 1.30. The molecule has 0 radical (unpaired) electrons. The third kappa shape index (κ3) is 3.70. The lowest BCUT2D eigenvalue weighted by molar-refractivity contribution is 0.102. The van der Waals surface area contributed by atoms with Crippen molar-refractivity contribution in [3.63, 3.8) is 0 Å². The topological polar surface area (TPSA) is 53.8 Å². The van der Waals surface area contributed by atoms with Crippen LogP contribution in [0.1, 0.15) is 15.9 Å². The highest BCUT2D eigenvalue weighted by Gasteiger charge is 2.11. The van der Waals surface area contributed by atoms with E-state index in [2.05, 4.69) is 11.1 Å². The molecule has 0 fully saturated rings. The van der Waals surface area contributed by atoms with Crippen molar-refractivity contribution >= 4 is 17.5 Å². The summed E-state index contributed by atoms with van der Waals surface area (Å²) < 4.78 is 0. The largest absolute Gasteiger partial charge is 0.293 e. The average Bonchev–Trinajstić information content (AvgIpc) is 2.67. The first-order valence-electron chi connectivity index (χ1n) is 7.45. The van der Waals surface area contributed by atoms with Gasteiger partial charge >= 0.3 is 0 Å². The number of nitrogens with zero attached hydrogens (tertiary/aromatic N) is 2. The number of aromatic nitrogens is 1. The minimum Gasteiger partial charge on any atom is -0.293 e. The molecular formula is C20H14N2OS. The van der Waals surface area contributed by atoms with E-state index >= 15 is 0 Å². The van der Waals surface area contributed by atoms with Crippen molar-refractivity contribution in [2.24, 2.45) is 0 Å². The molecule has 116 valence electrons. The van der Waals surface area contributed by atoms with E-state index in [-0.39, 0.29) is 11.5 Å². The van der Waals surface area contributed by atoms with Gasteiger partial charge in [-0.05, 0) is 12.1 Å². The SMILES string of the molecule is N#Cc1ccc(-c2ccccc2)nc1SCC(=O)c1ccccc1. The maximum atomic E-state index is 12.2. The van der Waals surface area contributed by atoms with Gasteiger partial charge in [-0.1, -0.05) is 72.4 Å². The number of carbonyl (C=O) groups is 1. The molecule has 3 nitrogen and oxygen atoms in total. The lowest BCUT2D eigenvalue weighted by Gasteiger charge is -2.06. The monoisotopic (exact) mass is 330 g/mol. The van der Waals surface area contributed by atoms with Gasteiger partial charge in [-0.2, -0.15) is 5.26 Å². The third-order valence-corrected chi connectivity index (χ3v) is 4.48. The second kappa shape index (κ2) is 7.58. The molecule has 0 saturated carbocycles. The maximum Gasteiger partial charge on any atom is 0.173 e. The number of rotatable bonds is 5. The first kappa shape index (κ1) is 16.0. The van der Waals surface area contributed by atoms with Gasteiger partial charge in [0.2, 0.25) is 0 Å². The number of thioether (sulfide) groups is 1. The van der Waals surface area contributed by atoms with Gasteiger partial charge in [-0.25, -0.2) is 4.98 Å². The van der Waals surface area contributed by atoms with E-state index < -0.39 is 0 Å². The molecule has 0 atom stereocenters. The van der Waals surface area contributed by atoms with Gasteiger partial charge in [-0.3, -0.25) is 4.79 Å². The fourth-order valence-corrected chi connectivity index (χ4v) is 3.11. The fourth-order valence-electron chi connectivity index (χ4n) is 2.25. The predicted molar refractivity (Wildman–Crippen MR) is 95.9 cm³/mol. The highest BCUT2D eigenvalue weighted by molar-refractivity contribution is 8.00. The molecule has 0 spiro atoms. The molecule has 0 saturated heterocycles. The summed E-state index contributed by atoms with van der Waals surface area (Å²) in [6, 6.07) is 24.7. The third-order valence-electron chi connectivity index (χ3n) is 3.49. The van der Waals surface area contributed by atoms with Gasteiger partial charge in [0, 0.05) is 11.1 Å². The Labute approximate surface area is 145 Å². The first-order valence-corrected chi connectivity index (χ1v) is 8.44. The molecule has 0 aliphatic heterocycles. The van der Waals surface area contributed by atoms with E-state index in [1.807, 2.05) is 54.6 Å². The zero-order chi connectivity index (χ0) is 16.8. The van der Waals surface area contributed by atoms with Crippen LogP contribution >= 0.6 is 11.8 Å². The summed E-state index contributed by atoms with van der Waals surface area (Å²) in [4.78, 5) is 16.8. The summed E-state index contributed by atoms with van der Waals surface area (Å²) in [7, 11) is 0. The summed E-state index contributed by atoms with van der Waals surface area (Å²) in [6.07, 6.45) is 0. The van der Waals surface area contributed by atoms with Crippen LogP contribution in [0.5, 0.6) is 0 Å². The van der Waals surface area contributed by atoms with Gasteiger partial charge in [-0.15, -0.1) is 0 Å². The molecule has 0 amide bonds. The van der Waals surface area contributed by atoms with Crippen LogP contribution in [0.2, 0.25) is 0 Å². The van der Waals surface area contributed by atoms with E-state index in [0.29, 0.717) is 16.2 Å².